The Kier molecular flexibility index (Phi) is 2.00. The van der Waals surface area contributed by atoms with E-state index in [1.165, 1.54) is 18.3 Å². The number of aliphatic carboxylic acids is 1. The summed E-state index contributed by atoms with van der Waals surface area (Å²) < 4.78 is 13.3. The summed E-state index contributed by atoms with van der Waals surface area (Å²) in [6.45, 7) is 0. The standard InChI is InChI=1S/C10H6FNO3/c11-6-2-1-3-7-8(6)5(4-12-7)9(13)10(14)15/h1-4,12H,(H,14,15). The number of carbonyl (C=O) groups excluding carboxylic acids is 1. The van der Waals surface area contributed by atoms with Crippen molar-refractivity contribution in [1.29, 1.82) is 0 Å². The lowest BCUT2D eigenvalue weighted by molar-refractivity contribution is -0.131. The number of carboxylic acids is 1. The number of rotatable bonds is 2. The molecule has 1 heterocycles. The molecule has 2 rings (SSSR count). The van der Waals surface area contributed by atoms with E-state index >= 15 is 0 Å². The summed E-state index contributed by atoms with van der Waals surface area (Å²) >= 11 is 0. The number of fused-ring (bicyclic) bond motifs is 1. The van der Waals surface area contributed by atoms with E-state index in [1.807, 2.05) is 0 Å². The van der Waals surface area contributed by atoms with Crippen molar-refractivity contribution in [2.75, 3.05) is 0 Å². The molecule has 4 nitrogen and oxygen atoms in total. The molecule has 0 atom stereocenters. The van der Waals surface area contributed by atoms with Crippen molar-refractivity contribution in [3.8, 4) is 0 Å². The minimum atomic E-state index is -1.60. The number of hydrogen-bond donors (Lipinski definition) is 2. The highest BCUT2D eigenvalue weighted by molar-refractivity contribution is 6.42. The van der Waals surface area contributed by atoms with Crippen molar-refractivity contribution in [3.05, 3.63) is 35.8 Å². The summed E-state index contributed by atoms with van der Waals surface area (Å²) in [5.74, 6) is -3.33. The Balaban J connectivity index is 2.73. The lowest BCUT2D eigenvalue weighted by atomic mass is 10.1. The summed E-state index contributed by atoms with van der Waals surface area (Å²) in [6, 6.07) is 4.22. The van der Waals surface area contributed by atoms with Gasteiger partial charge in [-0.15, -0.1) is 0 Å². The van der Waals surface area contributed by atoms with Crippen LogP contribution in [0, 0.1) is 5.82 Å². The fourth-order valence-corrected chi connectivity index (χ4v) is 1.43. The Morgan fingerprint density at radius 3 is 2.73 bits per heavy atom. The van der Waals surface area contributed by atoms with Crippen LogP contribution in [0.1, 0.15) is 10.4 Å². The number of hydrogen-bond acceptors (Lipinski definition) is 2. The highest BCUT2D eigenvalue weighted by Gasteiger charge is 2.20. The number of Topliss-reactive ketones (excluding diaryl/α,β-unsaturated/α-hetero) is 1. The molecule has 76 valence electrons. The van der Waals surface area contributed by atoms with Crippen molar-refractivity contribution in [2.45, 2.75) is 0 Å². The Labute approximate surface area is 83.3 Å². The van der Waals surface area contributed by atoms with Gasteiger partial charge in [-0.05, 0) is 12.1 Å². The number of benzene rings is 1. The summed E-state index contributed by atoms with van der Waals surface area (Å²) in [5.41, 5.74) is 0.246. The Bertz CT molecular complexity index is 559. The number of carbonyl (C=O) groups is 2. The maximum atomic E-state index is 13.3. The molecule has 1 aromatic carbocycles. The molecule has 0 unspecified atom stereocenters. The first-order chi connectivity index (χ1) is 7.11. The first-order valence-electron chi connectivity index (χ1n) is 4.14. The highest BCUT2D eigenvalue weighted by Crippen LogP contribution is 2.21. The zero-order chi connectivity index (χ0) is 11.0. The van der Waals surface area contributed by atoms with Crippen LogP contribution in [0.15, 0.2) is 24.4 Å². The predicted octanol–water partition coefficient (Wildman–Crippen LogP) is 1.57. The molecular weight excluding hydrogens is 201 g/mol. The van der Waals surface area contributed by atoms with E-state index in [-0.39, 0.29) is 10.9 Å². The van der Waals surface area contributed by atoms with Gasteiger partial charge in [-0.2, -0.15) is 0 Å². The summed E-state index contributed by atoms with van der Waals surface area (Å²) in [6.07, 6.45) is 1.20. The lowest BCUT2D eigenvalue weighted by Gasteiger charge is -1.95. The van der Waals surface area contributed by atoms with Crippen LogP contribution in [-0.2, 0) is 4.79 Å². The molecule has 0 aliphatic heterocycles. The van der Waals surface area contributed by atoms with E-state index in [9.17, 15) is 14.0 Å². The molecule has 5 heteroatoms. The SMILES string of the molecule is O=C(O)C(=O)c1c[nH]c2cccc(F)c12. The smallest absolute Gasteiger partial charge is 0.377 e. The number of ketones is 1. The van der Waals surface area contributed by atoms with E-state index in [1.54, 1.807) is 6.07 Å². The van der Waals surface area contributed by atoms with Gasteiger partial charge in [-0.3, -0.25) is 4.79 Å². The average Bonchev–Trinajstić information content (AvgIpc) is 2.61. The van der Waals surface area contributed by atoms with Crippen molar-refractivity contribution in [1.82, 2.24) is 4.98 Å². The first kappa shape index (κ1) is 9.39. The molecule has 0 aliphatic rings. The van der Waals surface area contributed by atoms with Crippen LogP contribution in [0.2, 0.25) is 0 Å². The zero-order valence-electron chi connectivity index (χ0n) is 7.45. The van der Waals surface area contributed by atoms with Gasteiger partial charge in [-0.25, -0.2) is 9.18 Å². The van der Waals surface area contributed by atoms with Crippen LogP contribution in [0.5, 0.6) is 0 Å². The second kappa shape index (κ2) is 3.20. The van der Waals surface area contributed by atoms with E-state index in [2.05, 4.69) is 4.98 Å². The van der Waals surface area contributed by atoms with Crippen LogP contribution >= 0.6 is 0 Å². The second-order valence-electron chi connectivity index (χ2n) is 3.00. The van der Waals surface area contributed by atoms with Gasteiger partial charge in [-0.1, -0.05) is 6.07 Å². The largest absolute Gasteiger partial charge is 0.475 e. The topological polar surface area (TPSA) is 70.2 Å². The molecule has 0 spiro atoms. The van der Waals surface area contributed by atoms with Gasteiger partial charge in [0.15, 0.2) is 0 Å². The van der Waals surface area contributed by atoms with Crippen molar-refractivity contribution in [3.63, 3.8) is 0 Å². The maximum absolute atomic E-state index is 13.3. The number of nitrogens with one attached hydrogen (secondary N) is 1. The van der Waals surface area contributed by atoms with Crippen LogP contribution in [0.4, 0.5) is 4.39 Å². The lowest BCUT2D eigenvalue weighted by Crippen LogP contribution is -2.12. The monoisotopic (exact) mass is 207 g/mol. The van der Waals surface area contributed by atoms with Crippen LogP contribution in [0.25, 0.3) is 10.9 Å². The normalized spacial score (nSPS) is 10.5. The van der Waals surface area contributed by atoms with E-state index in [4.69, 9.17) is 5.11 Å². The number of aromatic nitrogens is 1. The third-order valence-corrected chi connectivity index (χ3v) is 2.09. The fraction of sp³-hybridized carbons (Fsp3) is 0. The number of carboxylic acid groups (broad SMARTS) is 1. The maximum Gasteiger partial charge on any atom is 0.377 e. The number of aromatic amines is 1. The third-order valence-electron chi connectivity index (χ3n) is 2.09. The van der Waals surface area contributed by atoms with E-state index in [0.29, 0.717) is 5.52 Å². The van der Waals surface area contributed by atoms with Gasteiger partial charge in [0.05, 0.1) is 5.56 Å². The molecule has 1 aromatic heterocycles. The second-order valence-corrected chi connectivity index (χ2v) is 3.00. The van der Waals surface area contributed by atoms with Crippen LogP contribution in [-0.4, -0.2) is 21.8 Å². The molecule has 15 heavy (non-hydrogen) atoms. The van der Waals surface area contributed by atoms with E-state index < -0.39 is 17.6 Å². The van der Waals surface area contributed by atoms with Crippen molar-refractivity contribution in [2.24, 2.45) is 0 Å². The quantitative estimate of drug-likeness (QED) is 0.580. The molecule has 0 bridgehead atoms. The Morgan fingerprint density at radius 2 is 2.07 bits per heavy atom. The number of halogens is 1. The third kappa shape index (κ3) is 1.38. The molecule has 0 saturated heterocycles. The molecule has 0 saturated carbocycles. The molecule has 2 aromatic rings. The molecule has 2 N–H and O–H groups in total. The first-order valence-corrected chi connectivity index (χ1v) is 4.14. The summed E-state index contributed by atoms with van der Waals surface area (Å²) in [4.78, 5) is 24.3. The average molecular weight is 207 g/mol. The van der Waals surface area contributed by atoms with Gasteiger partial charge in [0.2, 0.25) is 0 Å². The molecule has 0 aliphatic carbocycles. The van der Waals surface area contributed by atoms with E-state index in [0.717, 1.165) is 0 Å². The van der Waals surface area contributed by atoms with Gasteiger partial charge < -0.3 is 10.1 Å². The Morgan fingerprint density at radius 1 is 1.33 bits per heavy atom. The van der Waals surface area contributed by atoms with Crippen molar-refractivity contribution >= 4 is 22.7 Å². The zero-order valence-corrected chi connectivity index (χ0v) is 7.45. The summed E-state index contributed by atoms with van der Waals surface area (Å²) in [5, 5.41) is 8.54. The fourth-order valence-electron chi connectivity index (χ4n) is 1.43. The molecular formula is C10H6FNO3. The minimum absolute atomic E-state index is 0.0184. The minimum Gasteiger partial charge on any atom is -0.475 e. The van der Waals surface area contributed by atoms with Gasteiger partial charge in [0.25, 0.3) is 5.78 Å². The van der Waals surface area contributed by atoms with Crippen LogP contribution in [0.3, 0.4) is 0 Å². The molecule has 0 amide bonds. The highest BCUT2D eigenvalue weighted by atomic mass is 19.1. The van der Waals surface area contributed by atoms with Crippen LogP contribution < -0.4 is 0 Å². The molecule has 0 radical (unpaired) electrons. The van der Waals surface area contributed by atoms with Gasteiger partial charge in [0, 0.05) is 17.1 Å². The number of H-pyrrole nitrogens is 1. The van der Waals surface area contributed by atoms with Gasteiger partial charge >= 0.3 is 5.97 Å². The molecule has 0 fully saturated rings. The predicted molar refractivity (Wildman–Crippen MR) is 50.2 cm³/mol. The summed E-state index contributed by atoms with van der Waals surface area (Å²) in [7, 11) is 0. The van der Waals surface area contributed by atoms with Crippen molar-refractivity contribution < 1.29 is 19.1 Å². The Hall–Kier alpha value is -2.17. The van der Waals surface area contributed by atoms with Gasteiger partial charge in [0.1, 0.15) is 5.82 Å².